The Balaban J connectivity index is 0.00000323. The first-order valence-corrected chi connectivity index (χ1v) is 13.7. The van der Waals surface area contributed by atoms with Crippen LogP contribution in [0.3, 0.4) is 0 Å². The summed E-state index contributed by atoms with van der Waals surface area (Å²) in [7, 11) is 0. The van der Waals surface area contributed by atoms with E-state index < -0.39 is 41.0 Å². The van der Waals surface area contributed by atoms with Gasteiger partial charge in [0.2, 0.25) is 0 Å². The third-order valence-corrected chi connectivity index (χ3v) is 7.70. The van der Waals surface area contributed by atoms with Gasteiger partial charge in [-0.05, 0) is 55.2 Å². The fourth-order valence-electron chi connectivity index (χ4n) is 5.21. The normalized spacial score (nSPS) is 18.8. The molecule has 4 rings (SSSR count). The van der Waals surface area contributed by atoms with E-state index in [1.807, 2.05) is 32.0 Å². The number of nitrogens with zero attached hydrogens (tertiary/aromatic N) is 3. The van der Waals surface area contributed by atoms with Crippen LogP contribution >= 0.6 is 24.8 Å². The third kappa shape index (κ3) is 10.1. The highest BCUT2D eigenvalue weighted by atomic mass is 35.5. The smallest absolute Gasteiger partial charge is 0.379 e. The molecule has 1 atom stereocenters. The Bertz CT molecular complexity index is 1220. The lowest BCUT2D eigenvalue weighted by atomic mass is 9.97. The van der Waals surface area contributed by atoms with Crippen molar-refractivity contribution in [3.63, 3.8) is 0 Å². The molecule has 2 aliphatic rings. The Morgan fingerprint density at radius 1 is 0.814 bits per heavy atom. The van der Waals surface area contributed by atoms with Gasteiger partial charge in [-0.15, -0.1) is 24.8 Å². The van der Waals surface area contributed by atoms with Crippen LogP contribution in [0, 0.1) is 13.8 Å². The van der Waals surface area contributed by atoms with Gasteiger partial charge in [-0.3, -0.25) is 14.6 Å². The molecular weight excluding hydrogens is 619 g/mol. The lowest BCUT2D eigenvalue weighted by molar-refractivity contribution is -0.143. The Hall–Kier alpha value is -2.31. The summed E-state index contributed by atoms with van der Waals surface area (Å²) in [5, 5.41) is 0. The van der Waals surface area contributed by atoms with Crippen LogP contribution in [0.5, 0.6) is 0 Å². The zero-order valence-corrected chi connectivity index (χ0v) is 25.6. The molecule has 13 heteroatoms. The molecular formula is C30H37Cl2F6N3O2. The molecule has 2 aliphatic heterocycles. The van der Waals surface area contributed by atoms with Crippen LogP contribution < -0.4 is 0 Å². The molecule has 2 saturated heterocycles. The number of hydrogen-bond acceptors (Lipinski definition) is 4. The number of carbonyl (C=O) groups excluding carboxylic acids is 1. The standard InChI is InChI=1S/C30H35F6N3O2.2ClH/c1-21-5-6-23(15-22(21)2)16-27-20-38(8-4-3-7-37-11-13-41-14-12-37)9-10-39(27)28(40)24-17-25(29(31,32)33)19-26(18-24)30(34,35)36;;/h3-6,15,17-19,27H,7-14,16,20H2,1-2H3;2*1H/b4-3+;;/t27-;;/m1../s1. The molecule has 0 radical (unpaired) electrons. The number of aryl methyl sites for hydroxylation is 2. The number of rotatable bonds is 7. The van der Waals surface area contributed by atoms with Crippen molar-refractivity contribution in [3.8, 4) is 0 Å². The molecule has 1 amide bonds. The quantitative estimate of drug-likeness (QED) is 0.254. The molecule has 0 bridgehead atoms. The van der Waals surface area contributed by atoms with Crippen molar-refractivity contribution in [2.24, 2.45) is 0 Å². The van der Waals surface area contributed by atoms with Gasteiger partial charge in [0.1, 0.15) is 0 Å². The summed E-state index contributed by atoms with van der Waals surface area (Å²) in [6, 6.07) is 6.56. The SMILES string of the molecule is Cc1ccc(C[C@@H]2CN(C/C=C/CN3CCOCC3)CCN2C(=O)c2cc(C(F)(F)F)cc(C(F)(F)F)c2)cc1C.Cl.Cl. The fourth-order valence-corrected chi connectivity index (χ4v) is 5.21. The summed E-state index contributed by atoms with van der Waals surface area (Å²) in [6.07, 6.45) is -5.49. The highest BCUT2D eigenvalue weighted by Gasteiger charge is 2.39. The number of carbonyl (C=O) groups is 1. The second kappa shape index (κ2) is 15.6. The maximum absolute atomic E-state index is 13.6. The number of alkyl halides is 6. The molecule has 2 aromatic rings. The molecule has 2 aromatic carbocycles. The van der Waals surface area contributed by atoms with Crippen molar-refractivity contribution in [1.82, 2.24) is 14.7 Å². The summed E-state index contributed by atoms with van der Waals surface area (Å²) >= 11 is 0. The van der Waals surface area contributed by atoms with Crippen molar-refractivity contribution in [2.45, 2.75) is 38.7 Å². The van der Waals surface area contributed by atoms with Crippen molar-refractivity contribution in [1.29, 1.82) is 0 Å². The first-order chi connectivity index (χ1) is 19.3. The monoisotopic (exact) mass is 655 g/mol. The van der Waals surface area contributed by atoms with E-state index >= 15 is 0 Å². The average molecular weight is 657 g/mol. The number of benzene rings is 2. The van der Waals surface area contributed by atoms with Crippen LogP contribution in [0.25, 0.3) is 0 Å². The summed E-state index contributed by atoms with van der Waals surface area (Å²) in [6.45, 7) is 9.59. The third-order valence-electron chi connectivity index (χ3n) is 7.70. The Morgan fingerprint density at radius 2 is 1.40 bits per heavy atom. The minimum Gasteiger partial charge on any atom is -0.379 e. The largest absolute Gasteiger partial charge is 0.416 e. The number of ether oxygens (including phenoxy) is 1. The Morgan fingerprint density at radius 3 is 1.95 bits per heavy atom. The van der Waals surface area contributed by atoms with Crippen LogP contribution in [-0.4, -0.2) is 85.7 Å². The van der Waals surface area contributed by atoms with E-state index in [4.69, 9.17) is 4.74 Å². The molecule has 0 spiro atoms. The molecule has 5 nitrogen and oxygen atoms in total. The molecule has 2 fully saturated rings. The first-order valence-electron chi connectivity index (χ1n) is 13.7. The average Bonchev–Trinajstić information content (AvgIpc) is 2.92. The van der Waals surface area contributed by atoms with Gasteiger partial charge in [-0.1, -0.05) is 30.4 Å². The summed E-state index contributed by atoms with van der Waals surface area (Å²) in [5.74, 6) is -0.835. The number of morpholine rings is 1. The molecule has 0 N–H and O–H groups in total. The second-order valence-electron chi connectivity index (χ2n) is 10.7. The molecule has 2 heterocycles. The number of halogens is 8. The van der Waals surface area contributed by atoms with E-state index in [1.54, 1.807) is 0 Å². The van der Waals surface area contributed by atoms with E-state index in [9.17, 15) is 31.1 Å². The maximum Gasteiger partial charge on any atom is 0.416 e. The lowest BCUT2D eigenvalue weighted by Crippen LogP contribution is -2.56. The highest BCUT2D eigenvalue weighted by Crippen LogP contribution is 2.37. The number of hydrogen-bond donors (Lipinski definition) is 0. The summed E-state index contributed by atoms with van der Waals surface area (Å²) in [4.78, 5) is 19.4. The minimum atomic E-state index is -5.03. The molecule has 0 aromatic heterocycles. The minimum absolute atomic E-state index is 0. The number of amides is 1. The maximum atomic E-state index is 13.6. The van der Waals surface area contributed by atoms with Gasteiger partial charge in [-0.2, -0.15) is 26.3 Å². The number of piperazine rings is 1. The second-order valence-corrected chi connectivity index (χ2v) is 10.7. The predicted molar refractivity (Wildman–Crippen MR) is 158 cm³/mol. The van der Waals surface area contributed by atoms with Crippen molar-refractivity contribution in [2.75, 3.05) is 59.0 Å². The van der Waals surface area contributed by atoms with Crippen LogP contribution in [-0.2, 0) is 23.5 Å². The molecule has 0 unspecified atom stereocenters. The van der Waals surface area contributed by atoms with E-state index in [0.29, 0.717) is 51.4 Å². The van der Waals surface area contributed by atoms with Crippen molar-refractivity contribution < 1.29 is 35.9 Å². The summed E-state index contributed by atoms with van der Waals surface area (Å²) < 4.78 is 86.2. The van der Waals surface area contributed by atoms with Crippen molar-refractivity contribution >= 4 is 30.7 Å². The van der Waals surface area contributed by atoms with Gasteiger partial charge in [0.15, 0.2) is 0 Å². The van der Waals surface area contributed by atoms with Crippen molar-refractivity contribution in [3.05, 3.63) is 81.9 Å². The molecule has 0 aliphatic carbocycles. The summed E-state index contributed by atoms with van der Waals surface area (Å²) in [5.41, 5.74) is -0.500. The van der Waals surface area contributed by atoms with Crippen LogP contribution in [0.15, 0.2) is 48.6 Å². The van der Waals surface area contributed by atoms with E-state index in [2.05, 4.69) is 22.0 Å². The topological polar surface area (TPSA) is 36.0 Å². The lowest BCUT2D eigenvalue weighted by Gasteiger charge is -2.41. The van der Waals surface area contributed by atoms with Crippen LogP contribution in [0.4, 0.5) is 26.3 Å². The van der Waals surface area contributed by atoms with E-state index in [0.717, 1.165) is 36.3 Å². The molecule has 43 heavy (non-hydrogen) atoms. The van der Waals surface area contributed by atoms with Gasteiger partial charge >= 0.3 is 12.4 Å². The zero-order valence-electron chi connectivity index (χ0n) is 24.0. The molecule has 0 saturated carbocycles. The zero-order chi connectivity index (χ0) is 29.8. The van der Waals surface area contributed by atoms with E-state index in [-0.39, 0.29) is 37.4 Å². The van der Waals surface area contributed by atoms with Gasteiger partial charge in [0, 0.05) is 57.4 Å². The van der Waals surface area contributed by atoms with Gasteiger partial charge in [-0.25, -0.2) is 0 Å². The highest BCUT2D eigenvalue weighted by molar-refractivity contribution is 5.95. The Labute approximate surface area is 260 Å². The first kappa shape index (κ1) is 36.9. The predicted octanol–water partition coefficient (Wildman–Crippen LogP) is 6.44. The molecule has 240 valence electrons. The van der Waals surface area contributed by atoms with Crippen LogP contribution in [0.2, 0.25) is 0 Å². The van der Waals surface area contributed by atoms with Gasteiger partial charge in [0.25, 0.3) is 5.91 Å². The van der Waals surface area contributed by atoms with Crippen LogP contribution in [0.1, 0.15) is 38.2 Å². The fraction of sp³-hybridized carbons (Fsp3) is 0.500. The van der Waals surface area contributed by atoms with E-state index in [1.165, 1.54) is 4.90 Å². The Kier molecular flexibility index (Phi) is 13.4. The van der Waals surface area contributed by atoms with Gasteiger partial charge in [0.05, 0.1) is 24.3 Å². The van der Waals surface area contributed by atoms with Gasteiger partial charge < -0.3 is 9.64 Å².